The molecule has 3 aliphatic rings. The quantitative estimate of drug-likeness (QED) is 0.346. The third kappa shape index (κ3) is 2.58. The van der Waals surface area contributed by atoms with Crippen LogP contribution in [0.4, 0.5) is 0 Å². The molecule has 0 aliphatic heterocycles. The molecule has 0 aromatic rings. The highest BCUT2D eigenvalue weighted by atomic mass is 16.6. The molecule has 21 heavy (non-hydrogen) atoms. The molecule has 3 saturated carbocycles. The van der Waals surface area contributed by atoms with Crippen LogP contribution in [-0.2, 0) is 9.53 Å². The van der Waals surface area contributed by atoms with Gasteiger partial charge in [-0.25, -0.2) is 4.79 Å². The van der Waals surface area contributed by atoms with Gasteiger partial charge in [0, 0.05) is 22.8 Å². The SMILES string of the molecule is C=C(C)C(=O)OC1CCCC1C1CC2CC1CC2[N+](=O)[O-]. The average molecular weight is 293 g/mol. The van der Waals surface area contributed by atoms with Crippen molar-refractivity contribution < 1.29 is 14.5 Å². The Morgan fingerprint density at radius 2 is 1.95 bits per heavy atom. The van der Waals surface area contributed by atoms with Crippen molar-refractivity contribution in [2.24, 2.45) is 23.7 Å². The van der Waals surface area contributed by atoms with E-state index in [0.717, 1.165) is 38.5 Å². The number of esters is 1. The summed E-state index contributed by atoms with van der Waals surface area (Å²) in [6, 6.07) is -0.330. The largest absolute Gasteiger partial charge is 0.459 e. The summed E-state index contributed by atoms with van der Waals surface area (Å²) < 4.78 is 5.61. The molecule has 116 valence electrons. The molecule has 6 unspecified atom stereocenters. The first-order valence-electron chi connectivity index (χ1n) is 7.97. The van der Waals surface area contributed by atoms with Gasteiger partial charge < -0.3 is 4.74 Å². The second-order valence-electron chi connectivity index (χ2n) is 7.06. The lowest BCUT2D eigenvalue weighted by molar-refractivity contribution is -0.531. The molecule has 5 nitrogen and oxygen atoms in total. The molecule has 2 bridgehead atoms. The van der Waals surface area contributed by atoms with Crippen molar-refractivity contribution in [1.82, 2.24) is 0 Å². The van der Waals surface area contributed by atoms with E-state index in [2.05, 4.69) is 6.58 Å². The van der Waals surface area contributed by atoms with Crippen molar-refractivity contribution in [3.63, 3.8) is 0 Å². The zero-order valence-electron chi connectivity index (χ0n) is 12.5. The summed E-state index contributed by atoms with van der Waals surface area (Å²) in [7, 11) is 0. The highest BCUT2D eigenvalue weighted by Crippen LogP contribution is 2.55. The van der Waals surface area contributed by atoms with E-state index < -0.39 is 0 Å². The number of carbonyl (C=O) groups excluding carboxylic acids is 1. The molecule has 6 atom stereocenters. The number of nitro groups is 1. The second-order valence-corrected chi connectivity index (χ2v) is 7.06. The van der Waals surface area contributed by atoms with Gasteiger partial charge in [0.1, 0.15) is 6.10 Å². The normalized spacial score (nSPS) is 41.2. The number of fused-ring (bicyclic) bond motifs is 2. The zero-order valence-corrected chi connectivity index (χ0v) is 12.5. The number of hydrogen-bond acceptors (Lipinski definition) is 4. The van der Waals surface area contributed by atoms with Crippen molar-refractivity contribution in [3.05, 3.63) is 22.3 Å². The van der Waals surface area contributed by atoms with Crippen LogP contribution in [0.5, 0.6) is 0 Å². The lowest BCUT2D eigenvalue weighted by atomic mass is 9.76. The number of hydrogen-bond donors (Lipinski definition) is 0. The van der Waals surface area contributed by atoms with E-state index in [4.69, 9.17) is 4.74 Å². The predicted octanol–water partition coefficient (Wildman–Crippen LogP) is 2.97. The molecule has 0 N–H and O–H groups in total. The average Bonchev–Trinajstić information content (AvgIpc) is 3.11. The van der Waals surface area contributed by atoms with E-state index in [-0.39, 0.29) is 29.0 Å². The summed E-state index contributed by atoms with van der Waals surface area (Å²) >= 11 is 0. The van der Waals surface area contributed by atoms with Crippen LogP contribution in [-0.4, -0.2) is 23.0 Å². The van der Waals surface area contributed by atoms with Crippen molar-refractivity contribution in [2.75, 3.05) is 0 Å². The number of ether oxygens (including phenoxy) is 1. The van der Waals surface area contributed by atoms with E-state index in [1.54, 1.807) is 6.92 Å². The van der Waals surface area contributed by atoms with Crippen molar-refractivity contribution >= 4 is 5.97 Å². The molecule has 0 saturated heterocycles. The summed E-state index contributed by atoms with van der Waals surface area (Å²) in [5.74, 6) is 1.32. The van der Waals surface area contributed by atoms with Gasteiger partial charge in [-0.05, 0) is 56.8 Å². The van der Waals surface area contributed by atoms with Gasteiger partial charge in [-0.15, -0.1) is 0 Å². The van der Waals surface area contributed by atoms with E-state index in [1.807, 2.05) is 0 Å². The highest BCUT2D eigenvalue weighted by Gasteiger charge is 2.55. The maximum absolute atomic E-state index is 11.7. The summed E-state index contributed by atoms with van der Waals surface area (Å²) in [5.41, 5.74) is 0.446. The predicted molar refractivity (Wildman–Crippen MR) is 77.1 cm³/mol. The van der Waals surface area contributed by atoms with E-state index >= 15 is 0 Å². The Morgan fingerprint density at radius 3 is 2.52 bits per heavy atom. The standard InChI is InChI=1S/C16H23NO4/c1-9(2)16(18)21-15-5-3-4-12(15)13-7-11-6-10(13)8-14(11)17(19)20/h10-15H,1,3-8H2,2H3. The Kier molecular flexibility index (Phi) is 3.76. The van der Waals surface area contributed by atoms with Crippen LogP contribution in [0.1, 0.15) is 45.4 Å². The van der Waals surface area contributed by atoms with Gasteiger partial charge in [0.25, 0.3) is 0 Å². The van der Waals surface area contributed by atoms with Crippen molar-refractivity contribution in [2.45, 2.75) is 57.6 Å². The monoisotopic (exact) mass is 293 g/mol. The van der Waals surface area contributed by atoms with Gasteiger partial charge in [0.15, 0.2) is 0 Å². The van der Waals surface area contributed by atoms with Gasteiger partial charge in [0.05, 0.1) is 0 Å². The molecule has 3 rings (SSSR count). The fraction of sp³-hybridized carbons (Fsp3) is 0.812. The molecular weight excluding hydrogens is 270 g/mol. The molecule has 0 radical (unpaired) electrons. The van der Waals surface area contributed by atoms with Gasteiger partial charge in [-0.2, -0.15) is 0 Å². The Labute approximate surface area is 124 Å². The Balaban J connectivity index is 1.64. The zero-order chi connectivity index (χ0) is 15.1. The number of rotatable bonds is 4. The van der Waals surface area contributed by atoms with Crippen molar-refractivity contribution in [3.8, 4) is 0 Å². The third-order valence-corrected chi connectivity index (χ3v) is 5.81. The van der Waals surface area contributed by atoms with E-state index in [9.17, 15) is 14.9 Å². The van der Waals surface area contributed by atoms with E-state index in [0.29, 0.717) is 23.3 Å². The van der Waals surface area contributed by atoms with Crippen LogP contribution in [0.3, 0.4) is 0 Å². The van der Waals surface area contributed by atoms with Gasteiger partial charge in [-0.3, -0.25) is 10.1 Å². The third-order valence-electron chi connectivity index (χ3n) is 5.81. The van der Waals surface area contributed by atoms with Gasteiger partial charge in [-0.1, -0.05) is 6.58 Å². The van der Waals surface area contributed by atoms with Crippen molar-refractivity contribution in [1.29, 1.82) is 0 Å². The van der Waals surface area contributed by atoms with Gasteiger partial charge in [0.2, 0.25) is 6.04 Å². The smallest absolute Gasteiger partial charge is 0.333 e. The molecule has 0 aromatic carbocycles. The number of carbonyl (C=O) groups is 1. The fourth-order valence-corrected chi connectivity index (χ4v) is 4.90. The maximum Gasteiger partial charge on any atom is 0.333 e. The molecular formula is C16H23NO4. The summed E-state index contributed by atoms with van der Waals surface area (Å²) in [4.78, 5) is 22.7. The van der Waals surface area contributed by atoms with Crippen LogP contribution < -0.4 is 0 Å². The van der Waals surface area contributed by atoms with Crippen LogP contribution in [0, 0.1) is 33.8 Å². The molecule has 0 spiro atoms. The first-order chi connectivity index (χ1) is 9.97. The molecule has 5 heteroatoms. The first kappa shape index (κ1) is 14.5. The number of nitrogens with zero attached hydrogens (tertiary/aromatic N) is 1. The molecule has 0 heterocycles. The van der Waals surface area contributed by atoms with Crippen LogP contribution in [0.25, 0.3) is 0 Å². The minimum atomic E-state index is -0.330. The minimum Gasteiger partial charge on any atom is -0.459 e. The van der Waals surface area contributed by atoms with Gasteiger partial charge >= 0.3 is 5.97 Å². The molecule has 3 fully saturated rings. The lowest BCUT2D eigenvalue weighted by Gasteiger charge is -2.32. The Bertz CT molecular complexity index is 475. The summed E-state index contributed by atoms with van der Waals surface area (Å²) in [5, 5.41) is 11.0. The maximum atomic E-state index is 11.7. The van der Waals surface area contributed by atoms with E-state index in [1.165, 1.54) is 0 Å². The first-order valence-corrected chi connectivity index (χ1v) is 7.97. The lowest BCUT2D eigenvalue weighted by Crippen LogP contribution is -2.35. The van der Waals surface area contributed by atoms with Crippen LogP contribution in [0.15, 0.2) is 12.2 Å². The highest BCUT2D eigenvalue weighted by molar-refractivity contribution is 5.87. The Hall–Kier alpha value is -1.39. The molecule has 0 amide bonds. The van der Waals surface area contributed by atoms with Crippen LogP contribution in [0.2, 0.25) is 0 Å². The Morgan fingerprint density at radius 1 is 1.19 bits per heavy atom. The summed E-state index contributed by atoms with van der Waals surface area (Å²) in [6.07, 6.45) is 5.76. The molecule has 0 aromatic heterocycles. The fourth-order valence-electron chi connectivity index (χ4n) is 4.90. The van der Waals surface area contributed by atoms with Crippen LogP contribution >= 0.6 is 0 Å². The minimum absolute atomic E-state index is 0.00685. The molecule has 3 aliphatic carbocycles. The second kappa shape index (κ2) is 5.43. The summed E-state index contributed by atoms with van der Waals surface area (Å²) in [6.45, 7) is 5.31. The topological polar surface area (TPSA) is 69.4 Å².